The largest absolute Gasteiger partial charge is 0.512 e. The van der Waals surface area contributed by atoms with Gasteiger partial charge in [0.2, 0.25) is 0 Å². The van der Waals surface area contributed by atoms with Gasteiger partial charge in [-0.25, -0.2) is 0 Å². The number of carbonyl (C=O) groups excluding carboxylic acids is 1. The number of hydrogen-bond acceptors (Lipinski definition) is 4. The van der Waals surface area contributed by atoms with Crippen LogP contribution >= 0.6 is 0 Å². The summed E-state index contributed by atoms with van der Waals surface area (Å²) in [5, 5.41) is 13.9. The van der Waals surface area contributed by atoms with Gasteiger partial charge in [-0.2, -0.15) is 0 Å². The number of aryl methyl sites for hydroxylation is 1. The zero-order valence-electron chi connectivity index (χ0n) is 25.3. The molecule has 2 atom stereocenters. The number of aliphatic hydroxyl groups is 1. The minimum absolute atomic E-state index is 0. The van der Waals surface area contributed by atoms with Crippen molar-refractivity contribution in [3.63, 3.8) is 0 Å². The van der Waals surface area contributed by atoms with Crippen LogP contribution in [0.1, 0.15) is 70.9 Å². The number of benzene rings is 3. The summed E-state index contributed by atoms with van der Waals surface area (Å²) in [4.78, 5) is 15.8. The van der Waals surface area contributed by atoms with Crippen molar-refractivity contribution in [2.45, 2.75) is 66.7 Å². The van der Waals surface area contributed by atoms with Crippen molar-refractivity contribution in [3.8, 4) is 11.3 Å². The van der Waals surface area contributed by atoms with E-state index >= 15 is 0 Å². The number of rotatable bonds is 5. The van der Waals surface area contributed by atoms with Crippen LogP contribution in [0.4, 0.5) is 0 Å². The monoisotopic (exact) mass is 739 g/mol. The first kappa shape index (κ1) is 31.7. The van der Waals surface area contributed by atoms with Gasteiger partial charge in [-0.3, -0.25) is 4.79 Å². The third-order valence-corrected chi connectivity index (χ3v) is 8.19. The fourth-order valence-electron chi connectivity index (χ4n) is 5.71. The molecule has 6 rings (SSSR count). The maximum absolute atomic E-state index is 11.0. The molecule has 1 saturated carbocycles. The summed E-state index contributed by atoms with van der Waals surface area (Å²) >= 11 is 0. The average molecular weight is 739 g/mol. The SMILES string of the molecule is CC(C)C(=O)/C=C(\O)C(C)C.Cc1[c-]c(-c2nccc3cc(C4CCC(C)C4)ccc23)c2oc3ccccc3c2c1.[Ir]. The van der Waals surface area contributed by atoms with Gasteiger partial charge in [-0.15, -0.1) is 17.7 Å². The smallest absolute Gasteiger partial charge is 0.161 e. The van der Waals surface area contributed by atoms with Crippen LogP contribution < -0.4 is 0 Å². The van der Waals surface area contributed by atoms with E-state index in [4.69, 9.17) is 9.40 Å². The van der Waals surface area contributed by atoms with Crippen LogP contribution in [0.3, 0.4) is 0 Å². The number of hydrogen-bond donors (Lipinski definition) is 1. The predicted octanol–water partition coefficient (Wildman–Crippen LogP) is 10.1. The topological polar surface area (TPSA) is 63.3 Å². The molecule has 2 unspecified atom stereocenters. The Hall–Kier alpha value is -3.27. The number of aliphatic hydroxyl groups excluding tert-OH is 1. The molecule has 0 amide bonds. The van der Waals surface area contributed by atoms with Crippen molar-refractivity contribution >= 4 is 38.5 Å². The molecule has 42 heavy (non-hydrogen) atoms. The summed E-state index contributed by atoms with van der Waals surface area (Å²) in [5.41, 5.74) is 6.24. The predicted molar refractivity (Wildman–Crippen MR) is 169 cm³/mol. The maximum Gasteiger partial charge on any atom is 0.161 e. The number of aromatic nitrogens is 1. The number of ketones is 1. The molecular formula is C37H40IrNO3-. The van der Waals surface area contributed by atoms with Crippen molar-refractivity contribution in [3.05, 3.63) is 89.8 Å². The zero-order chi connectivity index (χ0) is 29.3. The van der Waals surface area contributed by atoms with Crippen LogP contribution in [-0.4, -0.2) is 15.9 Å². The van der Waals surface area contributed by atoms with Crippen LogP contribution in [0.2, 0.25) is 0 Å². The first-order chi connectivity index (χ1) is 19.6. The second-order valence-corrected chi connectivity index (χ2v) is 12.2. The van der Waals surface area contributed by atoms with Gasteiger partial charge in [0, 0.05) is 49.6 Å². The Labute approximate surface area is 262 Å². The van der Waals surface area contributed by atoms with Gasteiger partial charge in [0.05, 0.1) is 11.3 Å². The van der Waals surface area contributed by atoms with Crippen LogP contribution in [0, 0.1) is 30.7 Å². The fraction of sp³-hybridized carbons (Fsp3) is 0.351. The van der Waals surface area contributed by atoms with Crippen molar-refractivity contribution in [1.29, 1.82) is 0 Å². The van der Waals surface area contributed by atoms with Crippen LogP contribution in [0.15, 0.2) is 77.0 Å². The molecule has 1 aliphatic rings. The van der Waals surface area contributed by atoms with Crippen molar-refractivity contribution in [2.24, 2.45) is 17.8 Å². The Morgan fingerprint density at radius 2 is 1.76 bits per heavy atom. The van der Waals surface area contributed by atoms with E-state index in [0.717, 1.165) is 50.1 Å². The van der Waals surface area contributed by atoms with E-state index in [1.165, 1.54) is 36.3 Å². The maximum atomic E-state index is 11.0. The second kappa shape index (κ2) is 13.4. The molecule has 0 saturated heterocycles. The van der Waals surface area contributed by atoms with E-state index in [2.05, 4.69) is 62.4 Å². The Bertz CT molecular complexity index is 1750. The molecule has 1 radical (unpaired) electrons. The van der Waals surface area contributed by atoms with E-state index in [1.807, 2.05) is 46.0 Å². The average Bonchev–Trinajstić information content (AvgIpc) is 3.55. The summed E-state index contributed by atoms with van der Waals surface area (Å²) in [7, 11) is 0. The molecule has 3 aromatic carbocycles. The third kappa shape index (κ3) is 6.69. The van der Waals surface area contributed by atoms with Gasteiger partial charge in [-0.05, 0) is 58.8 Å². The molecule has 0 aliphatic heterocycles. The van der Waals surface area contributed by atoms with Crippen LogP contribution in [0.25, 0.3) is 44.0 Å². The Morgan fingerprint density at radius 1 is 1.00 bits per heavy atom. The van der Waals surface area contributed by atoms with E-state index < -0.39 is 0 Å². The second-order valence-electron chi connectivity index (χ2n) is 12.2. The Morgan fingerprint density at radius 3 is 2.45 bits per heavy atom. The van der Waals surface area contributed by atoms with Gasteiger partial charge >= 0.3 is 0 Å². The van der Waals surface area contributed by atoms with Crippen LogP contribution in [0.5, 0.6) is 0 Å². The summed E-state index contributed by atoms with van der Waals surface area (Å²) < 4.78 is 6.29. The number of carbonyl (C=O) groups is 1. The van der Waals surface area contributed by atoms with Crippen molar-refractivity contribution < 1.29 is 34.4 Å². The molecule has 2 aromatic heterocycles. The third-order valence-electron chi connectivity index (χ3n) is 8.19. The first-order valence-electron chi connectivity index (χ1n) is 14.8. The molecule has 1 fully saturated rings. The number of fused-ring (bicyclic) bond motifs is 4. The molecule has 0 spiro atoms. The quantitative estimate of drug-likeness (QED) is 0.111. The van der Waals surface area contributed by atoms with Gasteiger partial charge in [0.15, 0.2) is 5.78 Å². The van der Waals surface area contributed by atoms with E-state index in [0.29, 0.717) is 5.92 Å². The fourth-order valence-corrected chi connectivity index (χ4v) is 5.71. The number of furan rings is 1. The van der Waals surface area contributed by atoms with Gasteiger partial charge < -0.3 is 14.5 Å². The molecule has 5 heteroatoms. The Kier molecular flexibility index (Phi) is 10.1. The normalized spacial score (nSPS) is 17.1. The zero-order valence-corrected chi connectivity index (χ0v) is 27.7. The molecular weight excluding hydrogens is 699 g/mol. The first-order valence-corrected chi connectivity index (χ1v) is 14.8. The summed E-state index contributed by atoms with van der Waals surface area (Å²) in [6.07, 6.45) is 7.18. The molecule has 4 nitrogen and oxygen atoms in total. The summed E-state index contributed by atoms with van der Waals surface area (Å²) in [6, 6.07) is 23.0. The van der Waals surface area contributed by atoms with Crippen LogP contribution in [-0.2, 0) is 24.9 Å². The standard InChI is InChI=1S/C28H24NO.C9H16O2.Ir/c1-17-7-8-19(13-17)20-9-10-22-21(16-20)11-12-29-27(22)25-15-18(2)14-24-23-5-3-4-6-26(23)30-28(24)25;1-6(2)8(10)5-9(11)7(3)4;/h3-6,9-12,14,16-17,19H,7-8,13H2,1-2H3;5-7,10H,1-4H3;/q-1;;/b;8-5-;. The summed E-state index contributed by atoms with van der Waals surface area (Å²) in [6.45, 7) is 11.8. The molecule has 5 aromatic rings. The number of allylic oxidation sites excluding steroid dienone is 2. The minimum atomic E-state index is -0.0316. The number of para-hydroxylation sites is 1. The van der Waals surface area contributed by atoms with E-state index in [1.54, 1.807) is 0 Å². The minimum Gasteiger partial charge on any atom is -0.512 e. The van der Waals surface area contributed by atoms with E-state index in [-0.39, 0.29) is 43.5 Å². The molecule has 1 aliphatic carbocycles. The van der Waals surface area contributed by atoms with Crippen molar-refractivity contribution in [1.82, 2.24) is 4.98 Å². The molecule has 221 valence electrons. The number of nitrogens with zero attached hydrogens (tertiary/aromatic N) is 1. The number of pyridine rings is 1. The van der Waals surface area contributed by atoms with Gasteiger partial charge in [0.1, 0.15) is 5.58 Å². The van der Waals surface area contributed by atoms with E-state index in [9.17, 15) is 9.90 Å². The molecule has 1 N–H and O–H groups in total. The Balaban J connectivity index is 0.000000292. The van der Waals surface area contributed by atoms with Gasteiger partial charge in [-0.1, -0.05) is 95.3 Å². The van der Waals surface area contributed by atoms with Gasteiger partial charge in [0.25, 0.3) is 0 Å². The van der Waals surface area contributed by atoms with Crippen molar-refractivity contribution in [2.75, 3.05) is 0 Å². The molecule has 0 bridgehead atoms. The molecule has 2 heterocycles. The summed E-state index contributed by atoms with van der Waals surface area (Å²) in [5.74, 6) is 1.68.